The van der Waals surface area contributed by atoms with E-state index in [1.165, 1.54) is 6.07 Å². The van der Waals surface area contributed by atoms with Gasteiger partial charge in [-0.05, 0) is 30.2 Å². The largest absolute Gasteiger partial charge is 0.488 e. The van der Waals surface area contributed by atoms with Crippen molar-refractivity contribution in [1.82, 2.24) is 4.90 Å². The second kappa shape index (κ2) is 6.91. The Balaban J connectivity index is 1.69. The molecule has 0 N–H and O–H groups in total. The van der Waals surface area contributed by atoms with Crippen LogP contribution in [0.25, 0.3) is 22.1 Å². The fourth-order valence-electron chi connectivity index (χ4n) is 3.62. The molecule has 1 atom stereocenters. The van der Waals surface area contributed by atoms with Crippen LogP contribution in [0.1, 0.15) is 18.9 Å². The van der Waals surface area contributed by atoms with Crippen molar-refractivity contribution in [3.63, 3.8) is 0 Å². The number of hydrogen-bond donors (Lipinski definition) is 0. The molecular weight excluding hydrogens is 342 g/mol. The zero-order valence-electron chi connectivity index (χ0n) is 15.4. The number of carbonyl (C=O) groups is 1. The molecule has 1 amide bonds. The van der Waals surface area contributed by atoms with E-state index in [1.54, 1.807) is 17.9 Å². The maximum absolute atomic E-state index is 12.1. The SMILES string of the molecule is CC(=O)N1CC[C@@H](Oc2ccc3c(-c4ccccc4C)cc(=O)oc3c2)C1. The Kier molecular flexibility index (Phi) is 4.44. The Labute approximate surface area is 157 Å². The first kappa shape index (κ1) is 17.3. The van der Waals surface area contributed by atoms with Gasteiger partial charge in [-0.1, -0.05) is 24.3 Å². The topological polar surface area (TPSA) is 59.8 Å². The van der Waals surface area contributed by atoms with Gasteiger partial charge < -0.3 is 14.1 Å². The zero-order chi connectivity index (χ0) is 19.0. The fraction of sp³-hybridized carbons (Fsp3) is 0.273. The van der Waals surface area contributed by atoms with Crippen LogP contribution in [-0.4, -0.2) is 30.0 Å². The highest BCUT2D eigenvalue weighted by molar-refractivity contribution is 5.94. The maximum atomic E-state index is 12.1. The van der Waals surface area contributed by atoms with Crippen LogP contribution in [0.4, 0.5) is 0 Å². The van der Waals surface area contributed by atoms with Crippen molar-refractivity contribution in [2.45, 2.75) is 26.4 Å². The van der Waals surface area contributed by atoms with Crippen LogP contribution in [0.5, 0.6) is 5.75 Å². The van der Waals surface area contributed by atoms with Crippen molar-refractivity contribution in [3.8, 4) is 16.9 Å². The molecule has 138 valence electrons. The van der Waals surface area contributed by atoms with Gasteiger partial charge in [0.2, 0.25) is 5.91 Å². The van der Waals surface area contributed by atoms with Crippen molar-refractivity contribution in [3.05, 3.63) is 64.5 Å². The third-order valence-electron chi connectivity index (χ3n) is 5.04. The van der Waals surface area contributed by atoms with Crippen LogP contribution in [0.2, 0.25) is 0 Å². The van der Waals surface area contributed by atoms with Crippen LogP contribution in [0, 0.1) is 6.92 Å². The van der Waals surface area contributed by atoms with E-state index in [4.69, 9.17) is 9.15 Å². The highest BCUT2D eigenvalue weighted by atomic mass is 16.5. The lowest BCUT2D eigenvalue weighted by molar-refractivity contribution is -0.128. The Morgan fingerprint density at radius 2 is 1.96 bits per heavy atom. The molecule has 3 aromatic rings. The molecule has 0 saturated carbocycles. The Bertz CT molecular complexity index is 1070. The summed E-state index contributed by atoms with van der Waals surface area (Å²) in [7, 11) is 0. The molecule has 1 aliphatic heterocycles. The minimum Gasteiger partial charge on any atom is -0.488 e. The summed E-state index contributed by atoms with van der Waals surface area (Å²) in [5.41, 5.74) is 3.08. The van der Waals surface area contributed by atoms with Crippen LogP contribution >= 0.6 is 0 Å². The summed E-state index contributed by atoms with van der Waals surface area (Å²) < 4.78 is 11.4. The van der Waals surface area contributed by atoms with Gasteiger partial charge in [0.05, 0.1) is 6.54 Å². The first-order chi connectivity index (χ1) is 13.0. The van der Waals surface area contributed by atoms with Crippen molar-refractivity contribution in [2.75, 3.05) is 13.1 Å². The normalized spacial score (nSPS) is 16.7. The summed E-state index contributed by atoms with van der Waals surface area (Å²) in [4.78, 5) is 25.4. The van der Waals surface area contributed by atoms with Crippen LogP contribution in [-0.2, 0) is 4.79 Å². The molecule has 4 rings (SSSR count). The number of likely N-dealkylation sites (tertiary alicyclic amines) is 1. The molecule has 2 heterocycles. The van der Waals surface area contributed by atoms with Gasteiger partial charge in [0.1, 0.15) is 17.4 Å². The number of ether oxygens (including phenoxy) is 1. The van der Waals surface area contributed by atoms with E-state index < -0.39 is 0 Å². The molecule has 1 aliphatic rings. The number of benzene rings is 2. The molecule has 0 spiro atoms. The lowest BCUT2D eigenvalue weighted by Crippen LogP contribution is -2.28. The van der Waals surface area contributed by atoms with Crippen LogP contribution in [0.15, 0.2) is 57.7 Å². The van der Waals surface area contributed by atoms with Crippen LogP contribution in [0.3, 0.4) is 0 Å². The Hall–Kier alpha value is -3.08. The van der Waals surface area contributed by atoms with Crippen LogP contribution < -0.4 is 10.4 Å². The van der Waals surface area contributed by atoms with Gasteiger partial charge in [-0.3, -0.25) is 4.79 Å². The Morgan fingerprint density at radius 1 is 1.15 bits per heavy atom. The standard InChI is InChI=1S/C22H21NO4/c1-14-5-3-4-6-18(14)20-12-22(25)27-21-11-16(7-8-19(20)21)26-17-9-10-23(13-17)15(2)24/h3-8,11-12,17H,9-10,13H2,1-2H3/t17-/m1/s1. The summed E-state index contributed by atoms with van der Waals surface area (Å²) in [5, 5.41) is 0.869. The molecule has 0 unspecified atom stereocenters. The third-order valence-corrected chi connectivity index (χ3v) is 5.04. The van der Waals surface area contributed by atoms with E-state index >= 15 is 0 Å². The van der Waals surface area contributed by atoms with Crippen molar-refractivity contribution in [2.24, 2.45) is 0 Å². The molecule has 27 heavy (non-hydrogen) atoms. The molecule has 5 nitrogen and oxygen atoms in total. The van der Waals surface area contributed by atoms with Gasteiger partial charge in [0, 0.05) is 43.0 Å². The van der Waals surface area contributed by atoms with E-state index in [9.17, 15) is 9.59 Å². The van der Waals surface area contributed by atoms with E-state index in [0.717, 1.165) is 28.5 Å². The summed E-state index contributed by atoms with van der Waals surface area (Å²) in [6.07, 6.45) is 0.753. The van der Waals surface area contributed by atoms with Gasteiger partial charge in [-0.15, -0.1) is 0 Å². The summed E-state index contributed by atoms with van der Waals surface area (Å²) in [5.74, 6) is 0.705. The molecule has 1 fully saturated rings. The average Bonchev–Trinajstić information content (AvgIpc) is 3.10. The summed E-state index contributed by atoms with van der Waals surface area (Å²) >= 11 is 0. The molecular formula is C22H21NO4. The molecule has 2 aromatic carbocycles. The second-order valence-corrected chi connectivity index (χ2v) is 6.95. The lowest BCUT2D eigenvalue weighted by atomic mass is 9.98. The van der Waals surface area contributed by atoms with E-state index in [1.807, 2.05) is 43.3 Å². The maximum Gasteiger partial charge on any atom is 0.336 e. The fourth-order valence-corrected chi connectivity index (χ4v) is 3.62. The van der Waals surface area contributed by atoms with E-state index in [2.05, 4.69) is 0 Å². The number of nitrogens with zero attached hydrogens (tertiary/aromatic N) is 1. The number of hydrogen-bond acceptors (Lipinski definition) is 4. The number of aryl methyl sites for hydroxylation is 1. The van der Waals surface area contributed by atoms with Crippen molar-refractivity contribution >= 4 is 16.9 Å². The monoisotopic (exact) mass is 363 g/mol. The smallest absolute Gasteiger partial charge is 0.336 e. The summed E-state index contributed by atoms with van der Waals surface area (Å²) in [6, 6.07) is 15.1. The van der Waals surface area contributed by atoms with Gasteiger partial charge in [-0.25, -0.2) is 4.79 Å². The quantitative estimate of drug-likeness (QED) is 0.665. The number of fused-ring (bicyclic) bond motifs is 1. The zero-order valence-corrected chi connectivity index (χ0v) is 15.4. The number of rotatable bonds is 3. The summed E-state index contributed by atoms with van der Waals surface area (Å²) in [6.45, 7) is 4.88. The van der Waals surface area contributed by atoms with Crippen molar-refractivity contribution in [1.29, 1.82) is 0 Å². The molecule has 1 aromatic heterocycles. The molecule has 1 saturated heterocycles. The minimum absolute atomic E-state index is 0.0439. The first-order valence-corrected chi connectivity index (χ1v) is 9.07. The van der Waals surface area contributed by atoms with Gasteiger partial charge in [0.15, 0.2) is 0 Å². The number of carbonyl (C=O) groups excluding carboxylic acids is 1. The predicted octanol–water partition coefficient (Wildman–Crippen LogP) is 3.77. The average molecular weight is 363 g/mol. The van der Waals surface area contributed by atoms with Gasteiger partial charge in [0.25, 0.3) is 0 Å². The minimum atomic E-state index is -0.387. The highest BCUT2D eigenvalue weighted by Crippen LogP contribution is 2.32. The molecule has 5 heteroatoms. The highest BCUT2D eigenvalue weighted by Gasteiger charge is 2.25. The van der Waals surface area contributed by atoms with Gasteiger partial charge in [-0.2, -0.15) is 0 Å². The molecule has 0 aliphatic carbocycles. The molecule has 0 radical (unpaired) electrons. The third kappa shape index (κ3) is 3.45. The lowest BCUT2D eigenvalue weighted by Gasteiger charge is -2.16. The Morgan fingerprint density at radius 3 is 2.70 bits per heavy atom. The van der Waals surface area contributed by atoms with E-state index in [-0.39, 0.29) is 17.6 Å². The predicted molar refractivity (Wildman–Crippen MR) is 104 cm³/mol. The second-order valence-electron chi connectivity index (χ2n) is 6.95. The number of amides is 1. The van der Waals surface area contributed by atoms with Crippen molar-refractivity contribution < 1.29 is 13.9 Å². The van der Waals surface area contributed by atoms with E-state index in [0.29, 0.717) is 24.4 Å². The molecule has 0 bridgehead atoms. The van der Waals surface area contributed by atoms with Gasteiger partial charge >= 0.3 is 5.63 Å². The first-order valence-electron chi connectivity index (χ1n) is 9.07.